The Balaban J connectivity index is 4.04. The lowest BCUT2D eigenvalue weighted by Gasteiger charge is -2.19. The van der Waals surface area contributed by atoms with Gasteiger partial charge in [-0.05, 0) is 19.8 Å². The molecule has 4 nitrogen and oxygen atoms in total. The molecule has 1 atom stereocenters. The summed E-state index contributed by atoms with van der Waals surface area (Å²) in [6, 6.07) is 0. The molecule has 1 N–H and O–H groups in total. The van der Waals surface area contributed by atoms with Crippen molar-refractivity contribution in [1.29, 1.82) is 0 Å². The molecule has 0 aromatic heterocycles. The summed E-state index contributed by atoms with van der Waals surface area (Å²) in [6.45, 7) is 4.77. The molecule has 1 unspecified atom stereocenters. The third-order valence-corrected chi connectivity index (χ3v) is 4.38. The van der Waals surface area contributed by atoms with Crippen molar-refractivity contribution >= 4 is 15.6 Å². The third kappa shape index (κ3) is 5.28. The monoisotopic (exact) mass is 236 g/mol. The lowest BCUT2D eigenvalue weighted by atomic mass is 9.95. The second-order valence-corrected chi connectivity index (χ2v) is 6.36. The summed E-state index contributed by atoms with van der Waals surface area (Å²) in [4.78, 5) is 11.4. The molecule has 0 aliphatic heterocycles. The fourth-order valence-electron chi connectivity index (χ4n) is 1.06. The highest BCUT2D eigenvalue weighted by Crippen LogP contribution is 2.13. The van der Waals surface area contributed by atoms with E-state index in [1.54, 1.807) is 13.8 Å². The molecular formula is C10H20O4S. The zero-order valence-corrected chi connectivity index (χ0v) is 10.4. The molecule has 0 saturated carbocycles. The first kappa shape index (κ1) is 14.6. The SMILES string of the molecule is CCC(C)(O)C(=O)CCCS(=O)(=O)CC. The number of carbonyl (C=O) groups excluding carboxylic acids is 1. The van der Waals surface area contributed by atoms with Crippen LogP contribution in [0.5, 0.6) is 0 Å². The van der Waals surface area contributed by atoms with E-state index in [4.69, 9.17) is 0 Å². The molecule has 0 heterocycles. The van der Waals surface area contributed by atoms with Crippen LogP contribution in [0.2, 0.25) is 0 Å². The molecule has 0 saturated heterocycles. The van der Waals surface area contributed by atoms with Gasteiger partial charge < -0.3 is 5.11 Å². The first-order valence-corrected chi connectivity index (χ1v) is 7.03. The Hall–Kier alpha value is -0.420. The molecule has 0 amide bonds. The van der Waals surface area contributed by atoms with E-state index in [9.17, 15) is 18.3 Å². The van der Waals surface area contributed by atoms with Gasteiger partial charge in [-0.2, -0.15) is 0 Å². The third-order valence-electron chi connectivity index (χ3n) is 2.59. The Morgan fingerprint density at radius 2 is 1.87 bits per heavy atom. The molecule has 5 heteroatoms. The minimum Gasteiger partial charge on any atom is -0.382 e. The minimum absolute atomic E-state index is 0.0229. The fourth-order valence-corrected chi connectivity index (χ4v) is 1.94. The first-order chi connectivity index (χ1) is 6.75. The number of Topliss-reactive ketones (excluding diaryl/α,β-unsaturated/α-hetero) is 1. The van der Waals surface area contributed by atoms with Gasteiger partial charge in [0.25, 0.3) is 0 Å². The predicted molar refractivity (Wildman–Crippen MR) is 59.5 cm³/mol. The van der Waals surface area contributed by atoms with Crippen LogP contribution >= 0.6 is 0 Å². The highest BCUT2D eigenvalue weighted by Gasteiger charge is 2.27. The Kier molecular flexibility index (Phi) is 5.45. The Labute approximate surface area is 91.6 Å². The maximum absolute atomic E-state index is 11.4. The van der Waals surface area contributed by atoms with Gasteiger partial charge in [-0.15, -0.1) is 0 Å². The van der Waals surface area contributed by atoms with Crippen molar-refractivity contribution in [3.8, 4) is 0 Å². The minimum atomic E-state index is -3.00. The highest BCUT2D eigenvalue weighted by atomic mass is 32.2. The molecule has 0 aliphatic rings. The van der Waals surface area contributed by atoms with Crippen molar-refractivity contribution in [3.63, 3.8) is 0 Å². The number of aliphatic hydroxyl groups is 1. The van der Waals surface area contributed by atoms with Crippen molar-refractivity contribution in [2.24, 2.45) is 0 Å². The molecule has 90 valence electrons. The van der Waals surface area contributed by atoms with Gasteiger partial charge in [-0.25, -0.2) is 8.42 Å². The van der Waals surface area contributed by atoms with E-state index in [0.29, 0.717) is 12.8 Å². The lowest BCUT2D eigenvalue weighted by Crippen LogP contribution is -2.34. The molecule has 15 heavy (non-hydrogen) atoms. The zero-order valence-electron chi connectivity index (χ0n) is 9.62. The zero-order chi connectivity index (χ0) is 12.1. The standard InChI is InChI=1S/C10H20O4S/c1-4-10(3,12)9(11)7-6-8-15(13,14)5-2/h12H,4-8H2,1-3H3. The van der Waals surface area contributed by atoms with Crippen LogP contribution in [0, 0.1) is 0 Å². The molecule has 0 bridgehead atoms. The normalized spacial score (nSPS) is 16.0. The number of hydrogen-bond acceptors (Lipinski definition) is 4. The van der Waals surface area contributed by atoms with E-state index in [0.717, 1.165) is 0 Å². The largest absolute Gasteiger partial charge is 0.382 e. The summed E-state index contributed by atoms with van der Waals surface area (Å²) >= 11 is 0. The van der Waals surface area contributed by atoms with Crippen LogP contribution < -0.4 is 0 Å². The average molecular weight is 236 g/mol. The van der Waals surface area contributed by atoms with Crippen LogP contribution in [0.25, 0.3) is 0 Å². The van der Waals surface area contributed by atoms with E-state index in [1.165, 1.54) is 6.92 Å². The average Bonchev–Trinajstić information content (AvgIpc) is 2.17. The summed E-state index contributed by atoms with van der Waals surface area (Å²) < 4.78 is 22.3. The van der Waals surface area contributed by atoms with Crippen molar-refractivity contribution in [2.75, 3.05) is 11.5 Å². The quantitative estimate of drug-likeness (QED) is 0.714. The predicted octanol–water partition coefficient (Wildman–Crippen LogP) is 0.931. The summed E-state index contributed by atoms with van der Waals surface area (Å²) in [5.74, 6) is -0.156. The summed E-state index contributed by atoms with van der Waals surface area (Å²) in [5.41, 5.74) is -1.31. The van der Waals surface area contributed by atoms with Crippen LogP contribution in [0.4, 0.5) is 0 Å². The summed E-state index contributed by atoms with van der Waals surface area (Å²) in [7, 11) is -3.00. The first-order valence-electron chi connectivity index (χ1n) is 5.21. The van der Waals surface area contributed by atoms with Crippen LogP contribution in [0.3, 0.4) is 0 Å². The van der Waals surface area contributed by atoms with Gasteiger partial charge in [0.15, 0.2) is 5.78 Å². The number of sulfone groups is 1. The Morgan fingerprint density at radius 1 is 1.33 bits per heavy atom. The van der Waals surface area contributed by atoms with Crippen molar-refractivity contribution in [1.82, 2.24) is 0 Å². The number of rotatable bonds is 7. The molecule has 0 radical (unpaired) electrons. The molecular weight excluding hydrogens is 216 g/mol. The van der Waals surface area contributed by atoms with Gasteiger partial charge in [-0.1, -0.05) is 13.8 Å². The van der Waals surface area contributed by atoms with Crippen molar-refractivity contribution < 1.29 is 18.3 Å². The van der Waals surface area contributed by atoms with E-state index in [2.05, 4.69) is 0 Å². The van der Waals surface area contributed by atoms with Crippen LogP contribution in [-0.4, -0.2) is 36.4 Å². The van der Waals surface area contributed by atoms with Gasteiger partial charge >= 0.3 is 0 Å². The fraction of sp³-hybridized carbons (Fsp3) is 0.900. The Morgan fingerprint density at radius 3 is 2.27 bits per heavy atom. The molecule has 0 aromatic carbocycles. The topological polar surface area (TPSA) is 71.4 Å². The van der Waals surface area contributed by atoms with Crippen molar-refractivity contribution in [2.45, 2.75) is 45.6 Å². The van der Waals surface area contributed by atoms with E-state index < -0.39 is 15.4 Å². The second kappa shape index (κ2) is 5.61. The van der Waals surface area contributed by atoms with Gasteiger partial charge in [0.2, 0.25) is 0 Å². The molecule has 0 aliphatic carbocycles. The molecule has 0 aromatic rings. The smallest absolute Gasteiger partial charge is 0.164 e. The van der Waals surface area contributed by atoms with Gasteiger partial charge in [0, 0.05) is 12.2 Å². The number of carbonyl (C=O) groups is 1. The number of ketones is 1. The van der Waals surface area contributed by atoms with E-state index in [-0.39, 0.29) is 23.7 Å². The van der Waals surface area contributed by atoms with E-state index >= 15 is 0 Å². The Bertz CT molecular complexity index is 303. The molecule has 0 spiro atoms. The number of hydrogen-bond donors (Lipinski definition) is 1. The van der Waals surface area contributed by atoms with Crippen LogP contribution in [-0.2, 0) is 14.6 Å². The summed E-state index contributed by atoms with van der Waals surface area (Å²) in [5, 5.41) is 9.58. The highest BCUT2D eigenvalue weighted by molar-refractivity contribution is 7.91. The summed E-state index contributed by atoms with van der Waals surface area (Å²) in [6.07, 6.45) is 0.775. The van der Waals surface area contributed by atoms with E-state index in [1.807, 2.05) is 0 Å². The molecule has 0 fully saturated rings. The van der Waals surface area contributed by atoms with Crippen LogP contribution in [0.15, 0.2) is 0 Å². The van der Waals surface area contributed by atoms with Crippen LogP contribution in [0.1, 0.15) is 40.0 Å². The van der Waals surface area contributed by atoms with Gasteiger partial charge in [0.1, 0.15) is 15.4 Å². The van der Waals surface area contributed by atoms with Gasteiger partial charge in [0.05, 0.1) is 5.75 Å². The van der Waals surface area contributed by atoms with Gasteiger partial charge in [-0.3, -0.25) is 4.79 Å². The maximum Gasteiger partial charge on any atom is 0.164 e. The second-order valence-electron chi connectivity index (χ2n) is 3.89. The maximum atomic E-state index is 11.4. The lowest BCUT2D eigenvalue weighted by molar-refractivity contribution is -0.135. The van der Waals surface area contributed by atoms with Crippen molar-refractivity contribution in [3.05, 3.63) is 0 Å². The molecule has 0 rings (SSSR count).